The van der Waals surface area contributed by atoms with Gasteiger partial charge in [0.15, 0.2) is 0 Å². The highest BCUT2D eigenvalue weighted by Crippen LogP contribution is 2.60. The van der Waals surface area contributed by atoms with Crippen LogP contribution in [0.15, 0.2) is 24.3 Å². The summed E-state index contributed by atoms with van der Waals surface area (Å²) in [5, 5.41) is 0.751. The first-order chi connectivity index (χ1) is 7.45. The Balaban J connectivity index is 2.16. The van der Waals surface area contributed by atoms with Gasteiger partial charge in [0.25, 0.3) is 0 Å². The van der Waals surface area contributed by atoms with Gasteiger partial charge in [0.05, 0.1) is 0 Å². The van der Waals surface area contributed by atoms with Gasteiger partial charge in [-0.3, -0.25) is 4.79 Å². The summed E-state index contributed by atoms with van der Waals surface area (Å²) in [6.45, 7) is 6.03. The zero-order valence-corrected chi connectivity index (χ0v) is 10.7. The third-order valence-electron chi connectivity index (χ3n) is 3.60. The van der Waals surface area contributed by atoms with Gasteiger partial charge in [0.1, 0.15) is 5.78 Å². The Hall–Kier alpha value is -0.820. The number of rotatable bonds is 3. The molecule has 1 aliphatic rings. The van der Waals surface area contributed by atoms with Crippen LogP contribution in [-0.4, -0.2) is 5.78 Å². The maximum atomic E-state index is 12.1. The highest BCUT2D eigenvalue weighted by atomic mass is 35.5. The number of carbonyl (C=O) groups is 1. The molecular weight excluding hydrogens is 220 g/mol. The van der Waals surface area contributed by atoms with Crippen molar-refractivity contribution >= 4 is 17.4 Å². The van der Waals surface area contributed by atoms with E-state index in [0.717, 1.165) is 11.4 Å². The van der Waals surface area contributed by atoms with E-state index >= 15 is 0 Å². The zero-order chi connectivity index (χ0) is 11.9. The number of carbonyl (C=O) groups excluding carboxylic acids is 1. The Bertz CT molecular complexity index is 407. The van der Waals surface area contributed by atoms with Gasteiger partial charge in [-0.2, -0.15) is 0 Å². The fraction of sp³-hybridized carbons (Fsp3) is 0.500. The van der Waals surface area contributed by atoms with Crippen molar-refractivity contribution in [3.05, 3.63) is 34.9 Å². The van der Waals surface area contributed by atoms with Crippen molar-refractivity contribution in [2.75, 3.05) is 0 Å². The monoisotopic (exact) mass is 236 g/mol. The minimum atomic E-state index is -0.137. The molecule has 0 aliphatic heterocycles. The number of Topliss-reactive ketones (excluding diaryl/α,β-unsaturated/α-hetero) is 1. The standard InChI is InChI=1S/C14H17ClO/c1-9(2)13(16)14(3)8-12(14)10-4-6-11(15)7-5-10/h4-7,9,12H,8H2,1-3H3. The maximum absolute atomic E-state index is 12.1. The molecule has 16 heavy (non-hydrogen) atoms. The number of ketones is 1. The topological polar surface area (TPSA) is 17.1 Å². The number of hydrogen-bond donors (Lipinski definition) is 0. The lowest BCUT2D eigenvalue weighted by molar-refractivity contribution is -0.126. The van der Waals surface area contributed by atoms with Crippen LogP contribution in [0.5, 0.6) is 0 Å². The molecule has 0 amide bonds. The second-order valence-electron chi connectivity index (χ2n) is 5.24. The van der Waals surface area contributed by atoms with Crippen molar-refractivity contribution in [3.8, 4) is 0 Å². The van der Waals surface area contributed by atoms with E-state index < -0.39 is 0 Å². The second kappa shape index (κ2) is 3.89. The molecule has 86 valence electrons. The van der Waals surface area contributed by atoms with Crippen LogP contribution in [0.4, 0.5) is 0 Å². The van der Waals surface area contributed by atoms with Gasteiger partial charge >= 0.3 is 0 Å². The van der Waals surface area contributed by atoms with Gasteiger partial charge in [0.2, 0.25) is 0 Å². The summed E-state index contributed by atoms with van der Waals surface area (Å²) in [5.74, 6) is 0.898. The molecule has 1 aromatic carbocycles. The van der Waals surface area contributed by atoms with Crippen LogP contribution in [0.25, 0.3) is 0 Å². The normalized spacial score (nSPS) is 28.2. The van der Waals surface area contributed by atoms with Crippen LogP contribution in [0.3, 0.4) is 0 Å². The summed E-state index contributed by atoms with van der Waals surface area (Å²) in [5.41, 5.74) is 1.10. The van der Waals surface area contributed by atoms with Gasteiger partial charge in [-0.25, -0.2) is 0 Å². The lowest BCUT2D eigenvalue weighted by Crippen LogP contribution is -2.19. The molecule has 2 unspecified atom stereocenters. The molecule has 2 rings (SSSR count). The summed E-state index contributed by atoms with van der Waals surface area (Å²) in [4.78, 5) is 12.1. The van der Waals surface area contributed by atoms with E-state index in [2.05, 4.69) is 6.92 Å². The molecule has 0 N–H and O–H groups in total. The fourth-order valence-corrected chi connectivity index (χ4v) is 2.60. The molecule has 1 aromatic rings. The quantitative estimate of drug-likeness (QED) is 0.774. The Kier molecular flexibility index (Phi) is 2.83. The van der Waals surface area contributed by atoms with E-state index in [0.29, 0.717) is 11.7 Å². The van der Waals surface area contributed by atoms with Crippen LogP contribution in [0.2, 0.25) is 5.02 Å². The Morgan fingerprint density at radius 3 is 2.44 bits per heavy atom. The summed E-state index contributed by atoms with van der Waals surface area (Å²) >= 11 is 5.85. The molecule has 0 spiro atoms. The summed E-state index contributed by atoms with van der Waals surface area (Å²) in [6.07, 6.45) is 0.978. The molecule has 1 aliphatic carbocycles. The summed E-state index contributed by atoms with van der Waals surface area (Å²) in [6, 6.07) is 7.86. The van der Waals surface area contributed by atoms with E-state index in [-0.39, 0.29) is 11.3 Å². The third-order valence-corrected chi connectivity index (χ3v) is 3.85. The Morgan fingerprint density at radius 2 is 1.94 bits per heavy atom. The molecule has 0 aromatic heterocycles. The first-order valence-corrected chi connectivity index (χ1v) is 6.12. The van der Waals surface area contributed by atoms with E-state index in [1.807, 2.05) is 38.1 Å². The third kappa shape index (κ3) is 1.89. The van der Waals surface area contributed by atoms with Crippen molar-refractivity contribution in [2.45, 2.75) is 33.1 Å². The predicted molar refractivity (Wildman–Crippen MR) is 66.8 cm³/mol. The van der Waals surface area contributed by atoms with E-state index in [1.165, 1.54) is 5.56 Å². The summed E-state index contributed by atoms with van der Waals surface area (Å²) in [7, 11) is 0. The highest BCUT2D eigenvalue weighted by molar-refractivity contribution is 6.30. The molecule has 1 nitrogen and oxygen atoms in total. The van der Waals surface area contributed by atoms with Gasteiger partial charge in [-0.15, -0.1) is 0 Å². The first kappa shape index (κ1) is 11.7. The lowest BCUT2D eigenvalue weighted by Gasteiger charge is -2.13. The lowest BCUT2D eigenvalue weighted by atomic mass is 9.90. The molecule has 0 bridgehead atoms. The Morgan fingerprint density at radius 1 is 1.38 bits per heavy atom. The molecule has 0 heterocycles. The number of hydrogen-bond acceptors (Lipinski definition) is 1. The number of benzene rings is 1. The minimum Gasteiger partial charge on any atom is -0.299 e. The van der Waals surface area contributed by atoms with Crippen molar-refractivity contribution in [3.63, 3.8) is 0 Å². The van der Waals surface area contributed by atoms with Crippen molar-refractivity contribution in [1.29, 1.82) is 0 Å². The average molecular weight is 237 g/mol. The van der Waals surface area contributed by atoms with E-state index in [1.54, 1.807) is 0 Å². The van der Waals surface area contributed by atoms with Crippen LogP contribution in [-0.2, 0) is 4.79 Å². The summed E-state index contributed by atoms with van der Waals surface area (Å²) < 4.78 is 0. The SMILES string of the molecule is CC(C)C(=O)C1(C)CC1c1ccc(Cl)cc1. The molecular formula is C14H17ClO. The molecule has 1 saturated carbocycles. The fourth-order valence-electron chi connectivity index (χ4n) is 2.48. The van der Waals surface area contributed by atoms with Crippen LogP contribution in [0, 0.1) is 11.3 Å². The van der Waals surface area contributed by atoms with Crippen LogP contribution >= 0.6 is 11.6 Å². The average Bonchev–Trinajstić information content (AvgIpc) is 2.92. The van der Waals surface area contributed by atoms with E-state index in [4.69, 9.17) is 11.6 Å². The predicted octanol–water partition coefficient (Wildman–Crippen LogP) is 4.06. The first-order valence-electron chi connectivity index (χ1n) is 5.75. The molecule has 1 fully saturated rings. The van der Waals surface area contributed by atoms with Crippen LogP contribution in [0.1, 0.15) is 38.7 Å². The maximum Gasteiger partial charge on any atom is 0.141 e. The highest BCUT2D eigenvalue weighted by Gasteiger charge is 2.56. The zero-order valence-electron chi connectivity index (χ0n) is 9.96. The molecule has 2 heteroatoms. The van der Waals surface area contributed by atoms with Crippen molar-refractivity contribution < 1.29 is 4.79 Å². The second-order valence-corrected chi connectivity index (χ2v) is 5.68. The Labute approximate surface area is 102 Å². The largest absolute Gasteiger partial charge is 0.299 e. The minimum absolute atomic E-state index is 0.127. The van der Waals surface area contributed by atoms with Crippen LogP contribution < -0.4 is 0 Å². The van der Waals surface area contributed by atoms with Crippen molar-refractivity contribution in [1.82, 2.24) is 0 Å². The van der Waals surface area contributed by atoms with Gasteiger partial charge in [-0.05, 0) is 30.0 Å². The van der Waals surface area contributed by atoms with Gasteiger partial charge in [-0.1, -0.05) is 44.5 Å². The molecule has 0 saturated heterocycles. The molecule has 0 radical (unpaired) electrons. The van der Waals surface area contributed by atoms with E-state index in [9.17, 15) is 4.79 Å². The smallest absolute Gasteiger partial charge is 0.141 e. The van der Waals surface area contributed by atoms with Gasteiger partial charge < -0.3 is 0 Å². The van der Waals surface area contributed by atoms with Gasteiger partial charge in [0, 0.05) is 16.4 Å². The molecule has 2 atom stereocenters. The van der Waals surface area contributed by atoms with Crippen molar-refractivity contribution in [2.24, 2.45) is 11.3 Å². The number of halogens is 1.